The van der Waals surface area contributed by atoms with Gasteiger partial charge in [0.2, 0.25) is 0 Å². The standard InChI is InChI=1S/C14H20OSi/c1-15-14-10-8-13(9-11-14)7-5-6-12-16(2,3)4/h5-12H,1-4H3/b7-5+,12-6+. The van der Waals surface area contributed by atoms with Crippen LogP contribution < -0.4 is 4.74 Å². The molecule has 0 unspecified atom stereocenters. The fraction of sp³-hybridized carbons (Fsp3) is 0.286. The maximum Gasteiger partial charge on any atom is 0.118 e. The van der Waals surface area contributed by atoms with Crippen molar-refractivity contribution in [3.05, 3.63) is 47.7 Å². The Labute approximate surface area is 99.5 Å². The van der Waals surface area contributed by atoms with E-state index in [1.165, 1.54) is 5.56 Å². The average Bonchev–Trinajstić information content (AvgIpc) is 2.24. The molecule has 0 saturated heterocycles. The molecule has 0 spiro atoms. The normalized spacial score (nSPS) is 12.5. The van der Waals surface area contributed by atoms with Crippen LogP contribution >= 0.6 is 0 Å². The number of benzene rings is 1. The third-order valence-electron chi connectivity index (χ3n) is 2.11. The van der Waals surface area contributed by atoms with Gasteiger partial charge in [0.25, 0.3) is 0 Å². The summed E-state index contributed by atoms with van der Waals surface area (Å²) in [6.45, 7) is 6.97. The summed E-state index contributed by atoms with van der Waals surface area (Å²) in [4.78, 5) is 0. The van der Waals surface area contributed by atoms with Gasteiger partial charge in [0, 0.05) is 0 Å². The Bertz CT molecular complexity index is 369. The van der Waals surface area contributed by atoms with Crippen LogP contribution in [0.2, 0.25) is 19.6 Å². The second-order valence-electron chi connectivity index (χ2n) is 4.86. The second-order valence-corrected chi connectivity index (χ2v) is 9.92. The van der Waals surface area contributed by atoms with E-state index in [9.17, 15) is 0 Å². The third-order valence-corrected chi connectivity index (χ3v) is 3.30. The lowest BCUT2D eigenvalue weighted by molar-refractivity contribution is 0.415. The highest BCUT2D eigenvalue weighted by Gasteiger charge is 2.05. The van der Waals surface area contributed by atoms with Crippen LogP contribution in [0.5, 0.6) is 5.75 Å². The minimum Gasteiger partial charge on any atom is -0.497 e. The number of ether oxygens (including phenoxy) is 1. The molecular weight excluding hydrogens is 212 g/mol. The quantitative estimate of drug-likeness (QED) is 0.560. The molecule has 0 aromatic heterocycles. The summed E-state index contributed by atoms with van der Waals surface area (Å²) in [6, 6.07) is 8.05. The zero-order valence-corrected chi connectivity index (χ0v) is 11.5. The Hall–Kier alpha value is -1.28. The molecular formula is C14H20OSi. The Kier molecular flexibility index (Phi) is 4.56. The topological polar surface area (TPSA) is 9.23 Å². The largest absolute Gasteiger partial charge is 0.497 e. The van der Waals surface area contributed by atoms with Crippen LogP contribution in [-0.4, -0.2) is 15.2 Å². The van der Waals surface area contributed by atoms with E-state index in [2.05, 4.69) is 55.7 Å². The molecule has 0 aliphatic heterocycles. The zero-order valence-electron chi connectivity index (χ0n) is 10.5. The van der Waals surface area contributed by atoms with Crippen LogP contribution in [0.3, 0.4) is 0 Å². The highest BCUT2D eigenvalue weighted by molar-refractivity contribution is 6.81. The van der Waals surface area contributed by atoms with E-state index < -0.39 is 8.07 Å². The highest BCUT2D eigenvalue weighted by Crippen LogP contribution is 2.12. The van der Waals surface area contributed by atoms with Crippen molar-refractivity contribution < 1.29 is 4.74 Å². The number of hydrogen-bond acceptors (Lipinski definition) is 1. The molecule has 0 atom stereocenters. The fourth-order valence-corrected chi connectivity index (χ4v) is 1.91. The molecule has 0 amide bonds. The Morgan fingerprint density at radius 1 is 1.00 bits per heavy atom. The maximum atomic E-state index is 5.11. The number of methoxy groups -OCH3 is 1. The number of rotatable bonds is 4. The highest BCUT2D eigenvalue weighted by atomic mass is 28.3. The molecule has 1 aromatic carbocycles. The van der Waals surface area contributed by atoms with Crippen molar-refractivity contribution in [2.24, 2.45) is 0 Å². The number of hydrogen-bond donors (Lipinski definition) is 0. The van der Waals surface area contributed by atoms with Crippen molar-refractivity contribution in [3.63, 3.8) is 0 Å². The first-order valence-corrected chi connectivity index (χ1v) is 9.09. The van der Waals surface area contributed by atoms with Crippen LogP contribution in [-0.2, 0) is 0 Å². The molecule has 1 aromatic rings. The van der Waals surface area contributed by atoms with E-state index in [4.69, 9.17) is 4.74 Å². The maximum absolute atomic E-state index is 5.11. The SMILES string of the molecule is COc1ccc(/C=C/C=C/[Si](C)(C)C)cc1. The minimum atomic E-state index is -1.06. The van der Waals surface area contributed by atoms with E-state index in [0.717, 1.165) is 5.75 Å². The first-order valence-electron chi connectivity index (χ1n) is 5.51. The van der Waals surface area contributed by atoms with E-state index in [-0.39, 0.29) is 0 Å². The van der Waals surface area contributed by atoms with E-state index in [1.54, 1.807) is 7.11 Å². The summed E-state index contributed by atoms with van der Waals surface area (Å²) < 4.78 is 5.11. The molecule has 1 nitrogen and oxygen atoms in total. The Balaban J connectivity index is 2.60. The summed E-state index contributed by atoms with van der Waals surface area (Å²) in [6.07, 6.45) is 6.35. The van der Waals surface area contributed by atoms with Crippen molar-refractivity contribution in [3.8, 4) is 5.75 Å². The van der Waals surface area contributed by atoms with Crippen molar-refractivity contribution >= 4 is 14.1 Å². The number of allylic oxidation sites excluding steroid dienone is 2. The smallest absolute Gasteiger partial charge is 0.118 e. The summed E-state index contributed by atoms with van der Waals surface area (Å²) in [7, 11) is 0.620. The summed E-state index contributed by atoms with van der Waals surface area (Å²) >= 11 is 0. The van der Waals surface area contributed by atoms with Crippen molar-refractivity contribution in [2.45, 2.75) is 19.6 Å². The second kappa shape index (κ2) is 5.71. The molecule has 0 aliphatic carbocycles. The van der Waals surface area contributed by atoms with Gasteiger partial charge in [-0.3, -0.25) is 0 Å². The van der Waals surface area contributed by atoms with Crippen molar-refractivity contribution in [1.82, 2.24) is 0 Å². The Morgan fingerprint density at radius 3 is 2.12 bits per heavy atom. The van der Waals surface area contributed by atoms with Crippen LogP contribution in [0.4, 0.5) is 0 Å². The van der Waals surface area contributed by atoms with Gasteiger partial charge in [-0.1, -0.05) is 55.7 Å². The summed E-state index contributed by atoms with van der Waals surface area (Å²) in [5.74, 6) is 0.898. The van der Waals surface area contributed by atoms with E-state index in [1.807, 2.05) is 12.1 Å². The molecule has 0 N–H and O–H groups in total. The van der Waals surface area contributed by atoms with Gasteiger partial charge in [-0.2, -0.15) is 0 Å². The lowest BCUT2D eigenvalue weighted by Gasteiger charge is -2.06. The van der Waals surface area contributed by atoms with E-state index in [0.29, 0.717) is 0 Å². The van der Waals surface area contributed by atoms with E-state index >= 15 is 0 Å². The first-order chi connectivity index (χ1) is 7.51. The van der Waals surface area contributed by atoms with Gasteiger partial charge >= 0.3 is 0 Å². The van der Waals surface area contributed by atoms with Gasteiger partial charge < -0.3 is 4.74 Å². The summed E-state index contributed by atoms with van der Waals surface area (Å²) in [5, 5.41) is 0. The molecule has 0 heterocycles. The molecule has 1 rings (SSSR count). The van der Waals surface area contributed by atoms with Gasteiger partial charge in [-0.05, 0) is 17.7 Å². The van der Waals surface area contributed by atoms with Gasteiger partial charge in [0.1, 0.15) is 5.75 Å². The molecule has 0 bridgehead atoms. The average molecular weight is 232 g/mol. The van der Waals surface area contributed by atoms with Crippen molar-refractivity contribution in [2.75, 3.05) is 7.11 Å². The predicted octanol–water partition coefficient (Wildman–Crippen LogP) is 4.14. The van der Waals surface area contributed by atoms with Crippen LogP contribution in [0, 0.1) is 0 Å². The fourth-order valence-electron chi connectivity index (χ4n) is 1.23. The van der Waals surface area contributed by atoms with Crippen molar-refractivity contribution in [1.29, 1.82) is 0 Å². The molecule has 16 heavy (non-hydrogen) atoms. The van der Waals surface area contributed by atoms with Gasteiger partial charge in [-0.25, -0.2) is 0 Å². The molecule has 0 fully saturated rings. The molecule has 2 heteroatoms. The lowest BCUT2D eigenvalue weighted by Crippen LogP contribution is -2.14. The van der Waals surface area contributed by atoms with Crippen LogP contribution in [0.15, 0.2) is 42.1 Å². The first kappa shape index (κ1) is 12.8. The lowest BCUT2D eigenvalue weighted by atomic mass is 10.2. The molecule has 0 aliphatic rings. The third kappa shape index (κ3) is 4.98. The van der Waals surface area contributed by atoms with Crippen LogP contribution in [0.25, 0.3) is 6.08 Å². The molecule has 0 radical (unpaired) electrons. The predicted molar refractivity (Wildman–Crippen MR) is 74.5 cm³/mol. The van der Waals surface area contributed by atoms with Crippen LogP contribution in [0.1, 0.15) is 5.56 Å². The Morgan fingerprint density at radius 2 is 1.62 bits per heavy atom. The molecule has 86 valence electrons. The van der Waals surface area contributed by atoms with Gasteiger partial charge in [-0.15, -0.1) is 0 Å². The molecule has 0 saturated carbocycles. The monoisotopic (exact) mass is 232 g/mol. The summed E-state index contributed by atoms with van der Waals surface area (Å²) in [5.41, 5.74) is 3.52. The zero-order chi connectivity index (χ0) is 12.0. The minimum absolute atomic E-state index is 0.898. The van der Waals surface area contributed by atoms with Gasteiger partial charge in [0.15, 0.2) is 0 Å². The van der Waals surface area contributed by atoms with Gasteiger partial charge in [0.05, 0.1) is 15.2 Å².